The van der Waals surface area contributed by atoms with Crippen LogP contribution in [-0.4, -0.2) is 15.9 Å². The van der Waals surface area contributed by atoms with Gasteiger partial charge < -0.3 is 9.15 Å². The molecule has 2 aromatic heterocycles. The third kappa shape index (κ3) is 3.46. The molecule has 0 aliphatic heterocycles. The first-order chi connectivity index (χ1) is 11.5. The van der Waals surface area contributed by atoms with Crippen molar-refractivity contribution in [3.8, 4) is 10.6 Å². The molecule has 24 heavy (non-hydrogen) atoms. The number of nitrogens with zero attached hydrogens (tertiary/aromatic N) is 2. The van der Waals surface area contributed by atoms with E-state index in [9.17, 15) is 19.3 Å². The zero-order chi connectivity index (χ0) is 17.1. The number of furan rings is 1. The first-order valence-electron chi connectivity index (χ1n) is 6.64. The minimum Gasteiger partial charge on any atom is -0.453 e. The number of nitro groups is 1. The number of ether oxygens (including phenoxy) is 1. The van der Waals surface area contributed by atoms with Gasteiger partial charge in [0, 0.05) is 10.9 Å². The van der Waals surface area contributed by atoms with Gasteiger partial charge in [-0.3, -0.25) is 10.1 Å². The highest BCUT2D eigenvalue weighted by Crippen LogP contribution is 2.24. The topological polar surface area (TPSA) is 95.5 Å². The highest BCUT2D eigenvalue weighted by molar-refractivity contribution is 7.13. The molecule has 9 heteroatoms. The molecule has 0 unspecified atom stereocenters. The second-order valence-electron chi connectivity index (χ2n) is 4.62. The molecular formula is C15H9FN2O5S. The lowest BCUT2D eigenvalue weighted by atomic mass is 10.2. The summed E-state index contributed by atoms with van der Waals surface area (Å²) in [5.74, 6) is -1.94. The van der Waals surface area contributed by atoms with Crippen molar-refractivity contribution in [3.63, 3.8) is 0 Å². The van der Waals surface area contributed by atoms with Gasteiger partial charge in [-0.05, 0) is 30.3 Å². The quantitative estimate of drug-likeness (QED) is 0.395. The van der Waals surface area contributed by atoms with Crippen LogP contribution in [0.2, 0.25) is 0 Å². The zero-order valence-corrected chi connectivity index (χ0v) is 12.8. The van der Waals surface area contributed by atoms with E-state index in [-0.39, 0.29) is 18.2 Å². The van der Waals surface area contributed by atoms with E-state index in [0.29, 0.717) is 10.7 Å². The number of carbonyl (C=O) groups excluding carboxylic acids is 1. The Morgan fingerprint density at radius 3 is 2.71 bits per heavy atom. The van der Waals surface area contributed by atoms with Crippen LogP contribution >= 0.6 is 11.3 Å². The SMILES string of the molecule is O=C(OCc1csc(-c2ccc(F)cc2)n1)c1ccc([N+](=O)[O-])o1. The van der Waals surface area contributed by atoms with Gasteiger partial charge in [0.15, 0.2) is 0 Å². The predicted octanol–water partition coefficient (Wildman–Crippen LogP) is 3.81. The molecule has 0 N–H and O–H groups in total. The Hall–Kier alpha value is -3.07. The summed E-state index contributed by atoms with van der Waals surface area (Å²) in [6.45, 7) is -0.106. The lowest BCUT2D eigenvalue weighted by Crippen LogP contribution is -2.04. The molecule has 0 atom stereocenters. The average molecular weight is 348 g/mol. The van der Waals surface area contributed by atoms with Gasteiger partial charge in [0.2, 0.25) is 5.76 Å². The average Bonchev–Trinajstić information content (AvgIpc) is 3.23. The first-order valence-corrected chi connectivity index (χ1v) is 7.52. The van der Waals surface area contributed by atoms with E-state index in [0.717, 1.165) is 11.6 Å². The predicted molar refractivity (Wildman–Crippen MR) is 82.0 cm³/mol. The number of thiazole rings is 1. The van der Waals surface area contributed by atoms with Gasteiger partial charge in [0.1, 0.15) is 22.4 Å². The van der Waals surface area contributed by atoms with Gasteiger partial charge in [-0.15, -0.1) is 11.3 Å². The molecule has 7 nitrogen and oxygen atoms in total. The molecule has 3 rings (SSSR count). The van der Waals surface area contributed by atoms with Crippen molar-refractivity contribution < 1.29 is 23.3 Å². The standard InChI is InChI=1S/C15H9FN2O5S/c16-10-3-1-9(2-4-10)14-17-11(8-24-14)7-22-15(19)12-5-6-13(23-12)18(20)21/h1-6,8H,7H2. The summed E-state index contributed by atoms with van der Waals surface area (Å²) in [5.41, 5.74) is 1.26. The molecule has 0 saturated heterocycles. The van der Waals surface area contributed by atoms with Crippen LogP contribution in [0.5, 0.6) is 0 Å². The largest absolute Gasteiger partial charge is 0.453 e. The molecule has 122 valence electrons. The van der Waals surface area contributed by atoms with E-state index in [1.165, 1.54) is 29.5 Å². The molecule has 0 bridgehead atoms. The van der Waals surface area contributed by atoms with E-state index >= 15 is 0 Å². The lowest BCUT2D eigenvalue weighted by Gasteiger charge is -1.99. The normalized spacial score (nSPS) is 10.5. The van der Waals surface area contributed by atoms with Gasteiger partial charge in [-0.2, -0.15) is 0 Å². The van der Waals surface area contributed by atoms with Gasteiger partial charge in [0.25, 0.3) is 0 Å². The molecule has 0 aliphatic rings. The van der Waals surface area contributed by atoms with Crippen molar-refractivity contribution in [1.29, 1.82) is 0 Å². The number of carbonyl (C=O) groups is 1. The Balaban J connectivity index is 1.63. The molecule has 0 saturated carbocycles. The summed E-state index contributed by atoms with van der Waals surface area (Å²) in [4.78, 5) is 25.8. The fourth-order valence-electron chi connectivity index (χ4n) is 1.84. The third-order valence-corrected chi connectivity index (χ3v) is 3.91. The fraction of sp³-hybridized carbons (Fsp3) is 0.0667. The molecule has 2 heterocycles. The van der Waals surface area contributed by atoms with Crippen molar-refractivity contribution >= 4 is 23.2 Å². The van der Waals surface area contributed by atoms with Crippen molar-refractivity contribution in [2.75, 3.05) is 0 Å². The maximum Gasteiger partial charge on any atom is 0.433 e. The van der Waals surface area contributed by atoms with Crippen LogP contribution in [0.25, 0.3) is 10.6 Å². The van der Waals surface area contributed by atoms with Crippen LogP contribution in [0.1, 0.15) is 16.2 Å². The summed E-state index contributed by atoms with van der Waals surface area (Å²) in [6.07, 6.45) is 0. The molecule has 3 aromatic rings. The highest BCUT2D eigenvalue weighted by atomic mass is 32.1. The van der Waals surface area contributed by atoms with Gasteiger partial charge in [-0.25, -0.2) is 14.2 Å². The molecule has 0 spiro atoms. The van der Waals surface area contributed by atoms with Crippen molar-refractivity contribution in [2.24, 2.45) is 0 Å². The third-order valence-electron chi connectivity index (χ3n) is 2.97. The first kappa shape index (κ1) is 15.8. The van der Waals surface area contributed by atoms with Crippen LogP contribution in [-0.2, 0) is 11.3 Å². The van der Waals surface area contributed by atoms with Crippen LogP contribution in [0, 0.1) is 15.9 Å². The molecule has 0 aliphatic carbocycles. The Morgan fingerprint density at radius 1 is 1.29 bits per heavy atom. The van der Waals surface area contributed by atoms with Crippen molar-refractivity contribution in [3.05, 3.63) is 69.2 Å². The number of rotatable bonds is 5. The maximum atomic E-state index is 12.9. The number of esters is 1. The van der Waals surface area contributed by atoms with Crippen molar-refractivity contribution in [2.45, 2.75) is 6.61 Å². The summed E-state index contributed by atoms with van der Waals surface area (Å²) in [6, 6.07) is 8.12. The van der Waals surface area contributed by atoms with Crippen LogP contribution in [0.15, 0.2) is 46.2 Å². The number of hydrogen-bond donors (Lipinski definition) is 0. The Morgan fingerprint density at radius 2 is 2.04 bits per heavy atom. The smallest absolute Gasteiger partial charge is 0.433 e. The zero-order valence-electron chi connectivity index (χ0n) is 12.0. The summed E-state index contributed by atoms with van der Waals surface area (Å²) in [7, 11) is 0. The Labute approximate surface area is 138 Å². The highest BCUT2D eigenvalue weighted by Gasteiger charge is 2.18. The fourth-order valence-corrected chi connectivity index (χ4v) is 2.65. The lowest BCUT2D eigenvalue weighted by molar-refractivity contribution is -0.402. The molecule has 0 radical (unpaired) electrons. The van der Waals surface area contributed by atoms with Gasteiger partial charge in [-0.1, -0.05) is 0 Å². The van der Waals surface area contributed by atoms with E-state index in [4.69, 9.17) is 9.15 Å². The Bertz CT molecular complexity index is 887. The number of halogens is 1. The molecule has 0 fully saturated rings. The van der Waals surface area contributed by atoms with Crippen molar-refractivity contribution in [1.82, 2.24) is 4.98 Å². The number of aromatic nitrogens is 1. The second kappa shape index (κ2) is 6.59. The molecule has 0 amide bonds. The van der Waals surface area contributed by atoms with Crippen LogP contribution in [0.4, 0.5) is 10.3 Å². The van der Waals surface area contributed by atoms with E-state index in [1.807, 2.05) is 0 Å². The van der Waals surface area contributed by atoms with Gasteiger partial charge in [0.05, 0.1) is 11.8 Å². The van der Waals surface area contributed by atoms with E-state index in [1.54, 1.807) is 17.5 Å². The minimum atomic E-state index is -0.820. The maximum absolute atomic E-state index is 12.9. The van der Waals surface area contributed by atoms with Gasteiger partial charge >= 0.3 is 11.9 Å². The minimum absolute atomic E-state index is 0.106. The Kier molecular flexibility index (Phi) is 4.34. The molecular weight excluding hydrogens is 339 g/mol. The van der Waals surface area contributed by atoms with Crippen LogP contribution < -0.4 is 0 Å². The summed E-state index contributed by atoms with van der Waals surface area (Å²) in [5, 5.41) is 12.9. The monoisotopic (exact) mass is 348 g/mol. The molecule has 1 aromatic carbocycles. The van der Waals surface area contributed by atoms with E-state index in [2.05, 4.69) is 4.98 Å². The summed E-state index contributed by atoms with van der Waals surface area (Å²) >= 11 is 1.33. The number of benzene rings is 1. The number of hydrogen-bond acceptors (Lipinski definition) is 7. The van der Waals surface area contributed by atoms with Crippen LogP contribution in [0.3, 0.4) is 0 Å². The van der Waals surface area contributed by atoms with E-state index < -0.39 is 16.8 Å². The second-order valence-corrected chi connectivity index (χ2v) is 5.48. The summed E-state index contributed by atoms with van der Waals surface area (Å²) < 4.78 is 22.7.